The zero-order valence-electron chi connectivity index (χ0n) is 14.5. The molecule has 0 bridgehead atoms. The second-order valence-corrected chi connectivity index (χ2v) is 6.27. The molecule has 0 saturated heterocycles. The number of ether oxygens (including phenoxy) is 2. The zero-order valence-corrected chi connectivity index (χ0v) is 14.5. The maximum absolute atomic E-state index is 11.2. The molecule has 2 aromatic heterocycles. The second-order valence-electron chi connectivity index (χ2n) is 6.27. The van der Waals surface area contributed by atoms with Crippen molar-refractivity contribution in [2.75, 3.05) is 18.7 Å². The van der Waals surface area contributed by atoms with E-state index in [2.05, 4.69) is 9.97 Å². The molecule has 3 heterocycles. The average molecular weight is 355 g/mol. The van der Waals surface area contributed by atoms with Crippen LogP contribution in [0.4, 0.5) is 5.82 Å². The average Bonchev–Trinajstić information content (AvgIpc) is 3.25. The molecule has 134 valence electrons. The molecular formula is C18H17N3O5. The van der Waals surface area contributed by atoms with Crippen molar-refractivity contribution in [1.82, 2.24) is 9.97 Å². The van der Waals surface area contributed by atoms with Gasteiger partial charge >= 0.3 is 5.97 Å². The molecule has 0 atom stereocenters. The Hall–Kier alpha value is -3.29. The summed E-state index contributed by atoms with van der Waals surface area (Å²) < 4.78 is 16.1. The first-order chi connectivity index (χ1) is 12.4. The quantitative estimate of drug-likeness (QED) is 0.762. The highest BCUT2D eigenvalue weighted by Crippen LogP contribution is 2.38. The molecule has 0 unspecified atom stereocenters. The summed E-state index contributed by atoms with van der Waals surface area (Å²) in [7, 11) is 1.90. The van der Waals surface area contributed by atoms with E-state index in [1.54, 1.807) is 0 Å². The number of aromatic nitrogens is 2. The maximum Gasteiger partial charge on any atom is 0.371 e. The van der Waals surface area contributed by atoms with Crippen molar-refractivity contribution in [3.63, 3.8) is 0 Å². The van der Waals surface area contributed by atoms with E-state index in [4.69, 9.17) is 19.0 Å². The van der Waals surface area contributed by atoms with Crippen LogP contribution in [0.15, 0.2) is 28.7 Å². The van der Waals surface area contributed by atoms with E-state index < -0.39 is 5.97 Å². The second kappa shape index (κ2) is 5.91. The molecule has 1 aliphatic heterocycles. The zero-order chi connectivity index (χ0) is 18.4. The van der Waals surface area contributed by atoms with Gasteiger partial charge in [-0.3, -0.25) is 0 Å². The third-order valence-electron chi connectivity index (χ3n) is 4.31. The summed E-state index contributed by atoms with van der Waals surface area (Å²) in [6, 6.07) is 7.07. The summed E-state index contributed by atoms with van der Waals surface area (Å²) in [4.78, 5) is 22.3. The summed E-state index contributed by atoms with van der Waals surface area (Å²) in [5, 5.41) is 9.15. The number of hydrogen-bond donors (Lipinski definition) is 1. The van der Waals surface area contributed by atoms with Crippen LogP contribution in [-0.4, -0.2) is 40.9 Å². The Morgan fingerprint density at radius 2 is 1.96 bits per heavy atom. The Labute approximate surface area is 149 Å². The van der Waals surface area contributed by atoms with Crippen molar-refractivity contribution in [1.29, 1.82) is 0 Å². The lowest BCUT2D eigenvalue weighted by molar-refractivity contribution is 0.0664. The normalized spacial score (nSPS) is 12.8. The topological polar surface area (TPSA) is 97.9 Å². The fourth-order valence-corrected chi connectivity index (χ4v) is 2.68. The van der Waals surface area contributed by atoms with Crippen LogP contribution < -0.4 is 14.4 Å². The van der Waals surface area contributed by atoms with Gasteiger partial charge in [0.2, 0.25) is 18.3 Å². The maximum atomic E-state index is 11.2. The van der Waals surface area contributed by atoms with Gasteiger partial charge in [-0.15, -0.1) is 0 Å². The van der Waals surface area contributed by atoms with E-state index in [0.29, 0.717) is 28.5 Å². The predicted molar refractivity (Wildman–Crippen MR) is 93.9 cm³/mol. The third-order valence-corrected chi connectivity index (χ3v) is 4.31. The standard InChI is InChI=1S/C18H17N3O5/c1-9(2)21(3)16-15(10-4-5-12-13(6-10)25-8-24-12)19-11-7-14(18(22)23)26-17(11)20-16/h4-7,9H,8H2,1-3H3,(H,22,23). The van der Waals surface area contributed by atoms with Gasteiger partial charge in [-0.05, 0) is 32.0 Å². The monoisotopic (exact) mass is 355 g/mol. The highest BCUT2D eigenvalue weighted by Gasteiger charge is 2.22. The van der Waals surface area contributed by atoms with Crippen LogP contribution in [0.2, 0.25) is 0 Å². The van der Waals surface area contributed by atoms with Gasteiger partial charge in [-0.1, -0.05) is 0 Å². The van der Waals surface area contributed by atoms with Crippen LogP contribution in [0.3, 0.4) is 0 Å². The number of aromatic carboxylic acids is 1. The summed E-state index contributed by atoms with van der Waals surface area (Å²) >= 11 is 0. The number of carboxylic acid groups (broad SMARTS) is 1. The number of rotatable bonds is 4. The lowest BCUT2D eigenvalue weighted by atomic mass is 10.1. The first-order valence-electron chi connectivity index (χ1n) is 8.12. The van der Waals surface area contributed by atoms with Gasteiger partial charge in [-0.25, -0.2) is 9.78 Å². The van der Waals surface area contributed by atoms with Crippen molar-refractivity contribution >= 4 is 23.0 Å². The Morgan fingerprint density at radius 3 is 2.69 bits per heavy atom. The minimum absolute atomic E-state index is 0.156. The molecule has 0 fully saturated rings. The van der Waals surface area contributed by atoms with E-state index in [0.717, 1.165) is 5.56 Å². The van der Waals surface area contributed by atoms with Crippen LogP contribution in [-0.2, 0) is 0 Å². The van der Waals surface area contributed by atoms with Crippen LogP contribution in [0, 0.1) is 0 Å². The van der Waals surface area contributed by atoms with E-state index >= 15 is 0 Å². The summed E-state index contributed by atoms with van der Waals surface area (Å²) in [6.45, 7) is 4.24. The van der Waals surface area contributed by atoms with Crippen LogP contribution in [0.1, 0.15) is 24.4 Å². The van der Waals surface area contributed by atoms with Crippen LogP contribution in [0.25, 0.3) is 22.5 Å². The molecule has 1 aliphatic rings. The number of hydrogen-bond acceptors (Lipinski definition) is 7. The van der Waals surface area contributed by atoms with Gasteiger partial charge in [-0.2, -0.15) is 4.98 Å². The SMILES string of the molecule is CC(C)N(C)c1nc2oc(C(=O)O)cc2nc1-c1ccc2c(c1)OCO2. The number of carbonyl (C=O) groups is 1. The lowest BCUT2D eigenvalue weighted by Crippen LogP contribution is -2.27. The smallest absolute Gasteiger partial charge is 0.371 e. The number of benzene rings is 1. The molecular weight excluding hydrogens is 338 g/mol. The molecule has 3 aromatic rings. The third kappa shape index (κ3) is 2.59. The molecule has 4 rings (SSSR count). The molecule has 8 nitrogen and oxygen atoms in total. The van der Waals surface area contributed by atoms with E-state index in [9.17, 15) is 4.79 Å². The number of fused-ring (bicyclic) bond motifs is 2. The summed E-state index contributed by atoms with van der Waals surface area (Å²) in [5.74, 6) is 0.561. The molecule has 8 heteroatoms. The van der Waals surface area contributed by atoms with Gasteiger partial charge in [0.05, 0.1) is 0 Å². The fraction of sp³-hybridized carbons (Fsp3) is 0.278. The van der Waals surface area contributed by atoms with Crippen molar-refractivity contribution in [2.24, 2.45) is 0 Å². The predicted octanol–water partition coefficient (Wildman–Crippen LogP) is 3.16. The largest absolute Gasteiger partial charge is 0.475 e. The fourth-order valence-electron chi connectivity index (χ4n) is 2.68. The Balaban J connectivity index is 1.93. The van der Waals surface area contributed by atoms with E-state index in [1.165, 1.54) is 6.07 Å². The molecule has 1 N–H and O–H groups in total. The number of nitrogens with zero attached hydrogens (tertiary/aromatic N) is 3. The highest BCUT2D eigenvalue weighted by atomic mass is 16.7. The molecule has 0 radical (unpaired) electrons. The highest BCUT2D eigenvalue weighted by molar-refractivity contribution is 5.90. The first kappa shape index (κ1) is 16.2. The molecule has 26 heavy (non-hydrogen) atoms. The van der Waals surface area contributed by atoms with Crippen molar-refractivity contribution < 1.29 is 23.8 Å². The number of anilines is 1. The molecule has 0 amide bonds. The summed E-state index contributed by atoms with van der Waals surface area (Å²) in [6.07, 6.45) is 0. The van der Waals surface area contributed by atoms with Crippen molar-refractivity contribution in [2.45, 2.75) is 19.9 Å². The minimum atomic E-state index is -1.16. The van der Waals surface area contributed by atoms with Gasteiger partial charge < -0.3 is 23.9 Å². The molecule has 0 spiro atoms. The van der Waals surface area contributed by atoms with Crippen molar-refractivity contribution in [3.05, 3.63) is 30.0 Å². The Kier molecular flexibility index (Phi) is 3.68. The van der Waals surface area contributed by atoms with Gasteiger partial charge in [0.1, 0.15) is 11.2 Å². The minimum Gasteiger partial charge on any atom is -0.475 e. The number of furan rings is 1. The summed E-state index contributed by atoms with van der Waals surface area (Å²) in [5.41, 5.74) is 1.99. The van der Waals surface area contributed by atoms with Crippen LogP contribution >= 0.6 is 0 Å². The molecule has 1 aromatic carbocycles. The molecule has 0 aliphatic carbocycles. The number of carboxylic acids is 1. The van der Waals surface area contributed by atoms with Gasteiger partial charge in [0, 0.05) is 24.7 Å². The van der Waals surface area contributed by atoms with E-state index in [-0.39, 0.29) is 24.3 Å². The van der Waals surface area contributed by atoms with Crippen molar-refractivity contribution in [3.8, 4) is 22.8 Å². The lowest BCUT2D eigenvalue weighted by Gasteiger charge is -2.24. The first-order valence-corrected chi connectivity index (χ1v) is 8.12. The van der Waals surface area contributed by atoms with E-state index in [1.807, 2.05) is 44.0 Å². The van der Waals surface area contributed by atoms with Gasteiger partial charge in [0.15, 0.2) is 17.3 Å². The van der Waals surface area contributed by atoms with Crippen LogP contribution in [0.5, 0.6) is 11.5 Å². The Morgan fingerprint density at radius 1 is 1.19 bits per heavy atom. The molecule has 0 saturated carbocycles. The van der Waals surface area contributed by atoms with Gasteiger partial charge in [0.25, 0.3) is 0 Å². The Bertz CT molecular complexity index is 1010.